The number of nitrogens with zero attached hydrogens (tertiary/aromatic N) is 8. The molecule has 4 aromatic heterocycles. The maximum atomic E-state index is 15.9. The Morgan fingerprint density at radius 2 is 1.91 bits per heavy atom. The minimum atomic E-state index is -2.76. The summed E-state index contributed by atoms with van der Waals surface area (Å²) in [6.07, 6.45) is 6.54. The van der Waals surface area contributed by atoms with E-state index in [0.29, 0.717) is 33.2 Å². The monoisotopic (exact) mass is 614 g/mol. The van der Waals surface area contributed by atoms with E-state index in [4.69, 9.17) is 11.6 Å². The number of aromatic nitrogens is 7. The fourth-order valence-corrected chi connectivity index (χ4v) is 5.51. The van der Waals surface area contributed by atoms with Crippen molar-refractivity contribution in [2.24, 2.45) is 10.9 Å². The van der Waals surface area contributed by atoms with Gasteiger partial charge in [-0.1, -0.05) is 24.6 Å². The molecule has 0 N–H and O–H groups in total. The van der Waals surface area contributed by atoms with Crippen LogP contribution in [0.1, 0.15) is 66.4 Å². The molecule has 0 aliphatic heterocycles. The summed E-state index contributed by atoms with van der Waals surface area (Å²) in [5, 5.41) is 7.76. The second kappa shape index (κ2) is 11.7. The summed E-state index contributed by atoms with van der Waals surface area (Å²) in [5.41, 5.74) is 0.611. The van der Waals surface area contributed by atoms with Gasteiger partial charge in [-0.05, 0) is 74.8 Å². The summed E-state index contributed by atoms with van der Waals surface area (Å²) in [5.74, 6) is -1.36. The van der Waals surface area contributed by atoms with Gasteiger partial charge < -0.3 is 0 Å². The molecule has 0 spiro atoms. The lowest BCUT2D eigenvalue weighted by molar-refractivity contribution is 0.0565. The molecule has 0 bridgehead atoms. The van der Waals surface area contributed by atoms with Gasteiger partial charge >= 0.3 is 6.55 Å². The van der Waals surface area contributed by atoms with Gasteiger partial charge in [0.05, 0.1) is 18.1 Å². The molecule has 4 heterocycles. The minimum absolute atomic E-state index is 0.0109. The largest absolute Gasteiger partial charge is 0.333 e. The van der Waals surface area contributed by atoms with Crippen molar-refractivity contribution in [3.63, 3.8) is 0 Å². The summed E-state index contributed by atoms with van der Waals surface area (Å²) in [7, 11) is 0. The van der Waals surface area contributed by atoms with Gasteiger partial charge in [0.15, 0.2) is 17.5 Å². The minimum Gasteiger partial charge on any atom is -0.284 e. The standard InChI is InChI=1S/C29H27ClF4N8O/c1-6-9-35-26(22-8-7-20(31)27(38-22)42-17(5)37-16(4)39-42)21(32)13-40-14(2)10-19(25(30)28(40)43)24-15(3)23(24)18-11-36-41(12-18)29(33)34/h6-13,15,23-24,29H,1-5H3/b9-6+,21-13-,35-26-/t15-,23?,24?/m1/s1. The van der Waals surface area contributed by atoms with Gasteiger partial charge in [0, 0.05) is 18.1 Å². The van der Waals surface area contributed by atoms with Crippen LogP contribution in [0.15, 0.2) is 58.5 Å². The van der Waals surface area contributed by atoms with E-state index in [9.17, 15) is 18.0 Å². The first-order chi connectivity index (χ1) is 20.4. The van der Waals surface area contributed by atoms with Gasteiger partial charge in [-0.25, -0.2) is 23.4 Å². The predicted octanol–water partition coefficient (Wildman–Crippen LogP) is 6.44. The van der Waals surface area contributed by atoms with Gasteiger partial charge in [-0.2, -0.15) is 18.6 Å². The van der Waals surface area contributed by atoms with Crippen molar-refractivity contribution >= 4 is 23.5 Å². The zero-order chi connectivity index (χ0) is 31.2. The second-order valence-corrected chi connectivity index (χ2v) is 10.6. The molecule has 2 unspecified atom stereocenters. The number of aliphatic imine (C=N–C) groups is 1. The van der Waals surface area contributed by atoms with E-state index in [2.05, 4.69) is 25.2 Å². The summed E-state index contributed by atoms with van der Waals surface area (Å²) in [6, 6.07) is 4.07. The number of rotatable bonds is 8. The highest BCUT2D eigenvalue weighted by Gasteiger charge is 2.50. The van der Waals surface area contributed by atoms with Crippen LogP contribution in [-0.4, -0.2) is 39.8 Å². The van der Waals surface area contributed by atoms with Crippen LogP contribution >= 0.6 is 11.6 Å². The molecule has 43 heavy (non-hydrogen) atoms. The average molecular weight is 615 g/mol. The Morgan fingerprint density at radius 3 is 2.53 bits per heavy atom. The molecular weight excluding hydrogens is 588 g/mol. The molecule has 0 saturated heterocycles. The topological polar surface area (TPSA) is 95.8 Å². The van der Waals surface area contributed by atoms with E-state index in [-0.39, 0.29) is 40.0 Å². The number of alkyl halides is 2. The molecule has 1 fully saturated rings. The molecule has 0 amide bonds. The lowest BCUT2D eigenvalue weighted by Crippen LogP contribution is -2.21. The normalized spacial score (nSPS) is 19.2. The molecular formula is C29H27ClF4N8O. The van der Waals surface area contributed by atoms with Gasteiger partial charge in [0.25, 0.3) is 5.56 Å². The van der Waals surface area contributed by atoms with E-state index < -0.39 is 23.8 Å². The van der Waals surface area contributed by atoms with Crippen LogP contribution in [0.4, 0.5) is 17.6 Å². The molecule has 0 radical (unpaired) electrons. The first kappa shape index (κ1) is 30.1. The molecule has 14 heteroatoms. The van der Waals surface area contributed by atoms with Crippen molar-refractivity contribution in [3.8, 4) is 5.82 Å². The van der Waals surface area contributed by atoms with Crippen molar-refractivity contribution in [3.05, 3.63) is 104 Å². The number of aryl methyl sites for hydroxylation is 3. The van der Waals surface area contributed by atoms with Crippen LogP contribution in [0.2, 0.25) is 5.02 Å². The number of allylic oxidation sites excluding steroid dienone is 2. The maximum Gasteiger partial charge on any atom is 0.333 e. The highest BCUT2D eigenvalue weighted by molar-refractivity contribution is 6.31. The average Bonchev–Trinajstić information content (AvgIpc) is 3.25. The van der Waals surface area contributed by atoms with Crippen LogP contribution in [0.25, 0.3) is 12.0 Å². The third-order valence-electron chi connectivity index (χ3n) is 7.32. The quantitative estimate of drug-likeness (QED) is 0.168. The summed E-state index contributed by atoms with van der Waals surface area (Å²) < 4.78 is 59.6. The molecule has 4 aromatic rings. The van der Waals surface area contributed by atoms with Gasteiger partial charge in [-0.15, -0.1) is 5.10 Å². The van der Waals surface area contributed by atoms with E-state index in [0.717, 1.165) is 16.8 Å². The van der Waals surface area contributed by atoms with Crippen molar-refractivity contribution in [1.82, 2.24) is 34.1 Å². The number of pyridine rings is 2. The number of hydrogen-bond donors (Lipinski definition) is 0. The number of halogens is 5. The Balaban J connectivity index is 1.52. The van der Waals surface area contributed by atoms with Crippen molar-refractivity contribution in [2.45, 2.75) is 53.0 Å². The Hall–Kier alpha value is -4.39. The summed E-state index contributed by atoms with van der Waals surface area (Å²) >= 11 is 6.53. The van der Waals surface area contributed by atoms with E-state index >= 15 is 4.39 Å². The third kappa shape index (κ3) is 5.68. The molecule has 9 nitrogen and oxygen atoms in total. The Bertz CT molecular complexity index is 1860. The zero-order valence-electron chi connectivity index (χ0n) is 23.8. The van der Waals surface area contributed by atoms with Crippen LogP contribution in [0, 0.1) is 32.5 Å². The number of hydrogen-bond acceptors (Lipinski definition) is 6. The predicted molar refractivity (Wildman–Crippen MR) is 154 cm³/mol. The molecule has 224 valence electrons. The first-order valence-corrected chi connectivity index (χ1v) is 13.7. The summed E-state index contributed by atoms with van der Waals surface area (Å²) in [6.45, 7) is 5.76. The van der Waals surface area contributed by atoms with Crippen LogP contribution < -0.4 is 5.56 Å². The lowest BCUT2D eigenvalue weighted by atomic mass is 10.1. The second-order valence-electron chi connectivity index (χ2n) is 10.2. The van der Waals surface area contributed by atoms with E-state index in [1.165, 1.54) is 29.3 Å². The first-order valence-electron chi connectivity index (χ1n) is 13.3. The SMILES string of the molecule is C/C=C/N=C(/C(F)=C/n1c(C)cc(C2C(c3cnn(C(F)F)c3)[C@H]2C)c(Cl)c1=O)c1ccc(F)c(-n2nc(C)nc2C)n1. The lowest BCUT2D eigenvalue weighted by Gasteiger charge is -2.12. The molecule has 5 rings (SSSR count). The van der Waals surface area contributed by atoms with Crippen LogP contribution in [0.3, 0.4) is 0 Å². The summed E-state index contributed by atoms with van der Waals surface area (Å²) in [4.78, 5) is 26.0. The van der Waals surface area contributed by atoms with Crippen molar-refractivity contribution in [2.75, 3.05) is 0 Å². The smallest absolute Gasteiger partial charge is 0.284 e. The zero-order valence-corrected chi connectivity index (χ0v) is 24.6. The van der Waals surface area contributed by atoms with Gasteiger partial charge in [0.1, 0.15) is 22.4 Å². The van der Waals surface area contributed by atoms with E-state index in [1.807, 2.05) is 6.92 Å². The van der Waals surface area contributed by atoms with Crippen molar-refractivity contribution in [1.29, 1.82) is 0 Å². The van der Waals surface area contributed by atoms with Gasteiger partial charge in [0.2, 0.25) is 0 Å². The third-order valence-corrected chi connectivity index (χ3v) is 7.70. The molecule has 1 aliphatic carbocycles. The highest BCUT2D eigenvalue weighted by Crippen LogP contribution is 2.61. The van der Waals surface area contributed by atoms with Crippen molar-refractivity contribution < 1.29 is 17.6 Å². The van der Waals surface area contributed by atoms with Crippen LogP contribution in [0.5, 0.6) is 0 Å². The Labute approximate surface area is 248 Å². The maximum absolute atomic E-state index is 15.9. The Morgan fingerprint density at radius 1 is 1.16 bits per heavy atom. The molecule has 0 aromatic carbocycles. The molecule has 1 saturated carbocycles. The Kier molecular flexibility index (Phi) is 8.19. The fraction of sp³-hybridized carbons (Fsp3) is 0.310. The van der Waals surface area contributed by atoms with Gasteiger partial charge in [-0.3, -0.25) is 14.4 Å². The molecule has 1 aliphatic rings. The van der Waals surface area contributed by atoms with E-state index in [1.54, 1.807) is 39.8 Å². The van der Waals surface area contributed by atoms with Crippen LogP contribution in [-0.2, 0) is 0 Å². The highest BCUT2D eigenvalue weighted by atomic mass is 35.5. The fourth-order valence-electron chi connectivity index (χ4n) is 5.24. The molecule has 3 atom stereocenters.